The third-order valence-electron chi connectivity index (χ3n) is 7.01. The molecule has 0 heterocycles. The fourth-order valence-corrected chi connectivity index (χ4v) is 5.80. The molecule has 1 aromatic rings. The molecule has 2 bridgehead atoms. The Morgan fingerprint density at radius 3 is 2.37 bits per heavy atom. The third kappa shape index (κ3) is 3.58. The predicted octanol–water partition coefficient (Wildman–Crippen LogP) is 4.71. The molecule has 3 aliphatic carbocycles. The van der Waals surface area contributed by atoms with Gasteiger partial charge in [0.05, 0.1) is 16.1 Å². The first kappa shape index (κ1) is 21.4. The first-order chi connectivity index (χ1) is 14.0. The molecule has 0 aliphatic heterocycles. The first-order valence-corrected chi connectivity index (χ1v) is 10.6. The minimum absolute atomic E-state index is 0.0573. The molecule has 0 radical (unpaired) electrons. The van der Waals surface area contributed by atoms with Crippen LogP contribution in [0, 0.1) is 17.2 Å². The molecule has 6 nitrogen and oxygen atoms in total. The highest BCUT2D eigenvalue weighted by molar-refractivity contribution is 6.42. The third-order valence-corrected chi connectivity index (χ3v) is 7.81. The fourth-order valence-electron chi connectivity index (χ4n) is 5.35. The monoisotopic (exact) mass is 462 g/mol. The van der Waals surface area contributed by atoms with Crippen LogP contribution in [0.25, 0.3) is 0 Å². The summed E-state index contributed by atoms with van der Waals surface area (Å²) >= 11 is 12.4. The average molecular weight is 463 g/mol. The number of fused-ring (bicyclic) bond motifs is 2. The Hall–Kier alpha value is -1.80. The standard InChI is InChI=1S/C20H22Cl2F2N2O4/c21-11-7-12(27)15(23)13(14(11)22)16(19-1-3-20(24,8-19)4-2-19)26-17(28)9-5-10(6-9)25-18(29)30/h7,9-10,16,25,27H,1-6,8H2,(H,26,28)(H,29,30)/t9?,10?,16-,19?,20?/m1/s1. The van der Waals surface area contributed by atoms with E-state index in [9.17, 15) is 19.1 Å². The second-order valence-electron chi connectivity index (χ2n) is 8.87. The van der Waals surface area contributed by atoms with E-state index < -0.39 is 40.7 Å². The zero-order valence-electron chi connectivity index (χ0n) is 16.0. The number of carboxylic acid groups (broad SMARTS) is 1. The van der Waals surface area contributed by atoms with E-state index in [1.807, 2.05) is 0 Å². The topological polar surface area (TPSA) is 98.7 Å². The molecule has 4 N–H and O–H groups in total. The molecule has 1 aromatic carbocycles. The van der Waals surface area contributed by atoms with Crippen molar-refractivity contribution >= 4 is 35.2 Å². The summed E-state index contributed by atoms with van der Waals surface area (Å²) in [4.78, 5) is 23.6. The largest absolute Gasteiger partial charge is 0.505 e. The van der Waals surface area contributed by atoms with Crippen LogP contribution in [-0.2, 0) is 4.79 Å². The van der Waals surface area contributed by atoms with Crippen molar-refractivity contribution in [2.24, 2.45) is 11.3 Å². The van der Waals surface area contributed by atoms with Crippen molar-refractivity contribution in [3.63, 3.8) is 0 Å². The van der Waals surface area contributed by atoms with Crippen LogP contribution in [0.2, 0.25) is 10.0 Å². The van der Waals surface area contributed by atoms with Gasteiger partial charge in [0, 0.05) is 23.6 Å². The van der Waals surface area contributed by atoms with Crippen molar-refractivity contribution in [2.75, 3.05) is 0 Å². The highest BCUT2D eigenvalue weighted by atomic mass is 35.5. The van der Waals surface area contributed by atoms with Crippen LogP contribution in [0.4, 0.5) is 13.6 Å². The van der Waals surface area contributed by atoms with E-state index in [1.54, 1.807) is 0 Å². The van der Waals surface area contributed by atoms with Crippen LogP contribution in [0.15, 0.2) is 6.07 Å². The summed E-state index contributed by atoms with van der Waals surface area (Å²) in [6.45, 7) is 0. The van der Waals surface area contributed by atoms with Crippen LogP contribution < -0.4 is 10.6 Å². The Balaban J connectivity index is 1.64. The van der Waals surface area contributed by atoms with E-state index in [0.29, 0.717) is 38.5 Å². The molecule has 0 saturated heterocycles. The summed E-state index contributed by atoms with van der Waals surface area (Å²) in [5.74, 6) is -2.50. The zero-order valence-corrected chi connectivity index (χ0v) is 17.5. The SMILES string of the molecule is O=C(O)NC1CC(C(=O)N[C@H](c2c(F)c(O)cc(Cl)c2Cl)C23CCC(F)(CC2)C3)C1. The lowest BCUT2D eigenvalue weighted by molar-refractivity contribution is -0.130. The number of aromatic hydroxyl groups is 1. The lowest BCUT2D eigenvalue weighted by Crippen LogP contribution is -2.51. The van der Waals surface area contributed by atoms with Gasteiger partial charge in [-0.05, 0) is 50.4 Å². The van der Waals surface area contributed by atoms with Crippen LogP contribution in [0.1, 0.15) is 56.6 Å². The number of hydrogen-bond donors (Lipinski definition) is 4. The molecule has 3 saturated carbocycles. The Morgan fingerprint density at radius 2 is 1.83 bits per heavy atom. The second-order valence-corrected chi connectivity index (χ2v) is 9.65. The van der Waals surface area contributed by atoms with Crippen molar-refractivity contribution in [3.05, 3.63) is 27.5 Å². The number of amides is 2. The zero-order chi connectivity index (χ0) is 21.8. The summed E-state index contributed by atoms with van der Waals surface area (Å²) in [6.07, 6.45) is 1.19. The smallest absolute Gasteiger partial charge is 0.404 e. The van der Waals surface area contributed by atoms with E-state index in [4.69, 9.17) is 28.3 Å². The molecule has 1 atom stereocenters. The maximum absolute atomic E-state index is 15.0. The van der Waals surface area contributed by atoms with Gasteiger partial charge in [0.15, 0.2) is 11.6 Å². The van der Waals surface area contributed by atoms with Crippen molar-refractivity contribution in [1.29, 1.82) is 0 Å². The predicted molar refractivity (Wildman–Crippen MR) is 106 cm³/mol. The minimum atomic E-state index is -1.35. The number of benzene rings is 1. The van der Waals surface area contributed by atoms with Crippen LogP contribution in [-0.4, -0.2) is 33.9 Å². The van der Waals surface area contributed by atoms with Gasteiger partial charge < -0.3 is 20.8 Å². The lowest BCUT2D eigenvalue weighted by Gasteiger charge is -2.40. The Bertz CT molecular complexity index is 873. The van der Waals surface area contributed by atoms with Gasteiger partial charge in [-0.15, -0.1) is 0 Å². The van der Waals surface area contributed by atoms with Crippen molar-refractivity contribution in [3.8, 4) is 5.75 Å². The summed E-state index contributed by atoms with van der Waals surface area (Å²) in [6, 6.07) is -0.272. The van der Waals surface area contributed by atoms with Gasteiger partial charge in [-0.3, -0.25) is 4.79 Å². The lowest BCUT2D eigenvalue weighted by atomic mass is 9.73. The van der Waals surface area contributed by atoms with Gasteiger partial charge in [-0.2, -0.15) is 0 Å². The number of hydrogen-bond acceptors (Lipinski definition) is 3. The van der Waals surface area contributed by atoms with E-state index in [1.165, 1.54) is 0 Å². The van der Waals surface area contributed by atoms with Gasteiger partial charge in [0.2, 0.25) is 5.91 Å². The van der Waals surface area contributed by atoms with Crippen LogP contribution >= 0.6 is 23.2 Å². The Labute approximate surface area is 181 Å². The Kier molecular flexibility index (Phi) is 5.29. The van der Waals surface area contributed by atoms with E-state index in [0.717, 1.165) is 6.07 Å². The number of carbonyl (C=O) groups is 2. The van der Waals surface area contributed by atoms with Gasteiger partial charge in [0.1, 0.15) is 5.67 Å². The number of halogens is 4. The summed E-state index contributed by atoms with van der Waals surface area (Å²) in [5.41, 5.74) is -2.20. The maximum atomic E-state index is 15.0. The average Bonchev–Trinajstić information content (AvgIpc) is 3.16. The number of phenolic OH excluding ortho intramolecular Hbond substituents is 1. The van der Waals surface area contributed by atoms with E-state index in [2.05, 4.69) is 10.6 Å². The fraction of sp³-hybridized carbons (Fsp3) is 0.600. The highest BCUT2D eigenvalue weighted by Gasteiger charge is 2.59. The second kappa shape index (κ2) is 7.41. The molecule has 3 fully saturated rings. The van der Waals surface area contributed by atoms with E-state index >= 15 is 4.39 Å². The number of rotatable bonds is 5. The quantitative estimate of drug-likeness (QED) is 0.476. The van der Waals surface area contributed by atoms with Gasteiger partial charge in [0.25, 0.3) is 0 Å². The van der Waals surface area contributed by atoms with Crippen molar-refractivity contribution in [2.45, 2.75) is 62.7 Å². The molecule has 164 valence electrons. The maximum Gasteiger partial charge on any atom is 0.404 e. The van der Waals surface area contributed by atoms with Gasteiger partial charge in [-0.1, -0.05) is 23.2 Å². The normalized spacial score (nSPS) is 33.1. The number of phenols is 1. The molecular formula is C20H22Cl2F2N2O4. The highest BCUT2D eigenvalue weighted by Crippen LogP contribution is 2.64. The van der Waals surface area contributed by atoms with Gasteiger partial charge >= 0.3 is 6.09 Å². The molecule has 10 heteroatoms. The summed E-state index contributed by atoms with van der Waals surface area (Å²) in [5, 5.41) is 23.7. The first-order valence-electron chi connectivity index (χ1n) is 9.89. The van der Waals surface area contributed by atoms with Crippen molar-refractivity contribution < 1.29 is 28.6 Å². The number of carbonyl (C=O) groups excluding carboxylic acids is 1. The van der Waals surface area contributed by atoms with Crippen LogP contribution in [0.5, 0.6) is 5.75 Å². The van der Waals surface area contributed by atoms with Gasteiger partial charge in [-0.25, -0.2) is 13.6 Å². The molecule has 4 rings (SSSR count). The molecule has 30 heavy (non-hydrogen) atoms. The summed E-state index contributed by atoms with van der Waals surface area (Å²) < 4.78 is 29.9. The molecule has 2 amide bonds. The summed E-state index contributed by atoms with van der Waals surface area (Å²) in [7, 11) is 0. The molecular weight excluding hydrogens is 441 g/mol. The molecule has 0 spiro atoms. The molecule has 3 aliphatic rings. The molecule has 0 unspecified atom stereocenters. The minimum Gasteiger partial charge on any atom is -0.505 e. The van der Waals surface area contributed by atoms with Crippen molar-refractivity contribution in [1.82, 2.24) is 10.6 Å². The van der Waals surface area contributed by atoms with E-state index in [-0.39, 0.29) is 34.0 Å². The van der Waals surface area contributed by atoms with Crippen LogP contribution in [0.3, 0.4) is 0 Å². The number of alkyl halides is 1. The Morgan fingerprint density at radius 1 is 1.20 bits per heavy atom. The number of nitrogens with one attached hydrogen (secondary N) is 2. The molecule has 0 aromatic heterocycles.